The normalized spacial score (nSPS) is 16.7. The third-order valence-electron chi connectivity index (χ3n) is 3.27. The van der Waals surface area contributed by atoms with Crippen LogP contribution in [0.5, 0.6) is 0 Å². The third kappa shape index (κ3) is 3.03. The van der Waals surface area contributed by atoms with E-state index in [-0.39, 0.29) is 0 Å². The quantitative estimate of drug-likeness (QED) is 0.795. The van der Waals surface area contributed by atoms with Crippen LogP contribution in [-0.4, -0.2) is 31.0 Å². The number of benzene rings is 2. The first-order chi connectivity index (χ1) is 9.45. The molecule has 0 aromatic heterocycles. The Morgan fingerprint density at radius 3 is 1.68 bits per heavy atom. The highest BCUT2D eigenvalue weighted by atomic mass is 31.1. The van der Waals surface area contributed by atoms with Gasteiger partial charge in [-0.25, -0.2) is 0 Å². The van der Waals surface area contributed by atoms with Gasteiger partial charge in [-0.2, -0.15) is 0 Å². The van der Waals surface area contributed by atoms with Gasteiger partial charge in [-0.05, 0) is 10.6 Å². The van der Waals surface area contributed by atoms with Gasteiger partial charge in [0.15, 0.2) is 0 Å². The average molecular weight is 271 g/mol. The lowest BCUT2D eigenvalue weighted by atomic mass is 10.4. The maximum atomic E-state index is 5.49. The van der Waals surface area contributed by atoms with Crippen LogP contribution in [-0.2, 0) is 4.74 Å². The minimum Gasteiger partial charge on any atom is -0.379 e. The molecule has 0 unspecified atom stereocenters. The van der Waals surface area contributed by atoms with Gasteiger partial charge in [-0.15, -0.1) is 0 Å². The summed E-state index contributed by atoms with van der Waals surface area (Å²) in [6.45, 7) is 3.74. The molecule has 0 amide bonds. The Hall–Kier alpha value is -1.21. The van der Waals surface area contributed by atoms with Crippen LogP contribution in [0.15, 0.2) is 60.7 Å². The zero-order valence-electron chi connectivity index (χ0n) is 10.9. The first kappa shape index (κ1) is 12.8. The van der Waals surface area contributed by atoms with Crippen LogP contribution < -0.4 is 10.6 Å². The molecular weight excluding hydrogens is 253 g/mol. The first-order valence-corrected chi connectivity index (χ1v) is 7.97. The molecule has 1 fully saturated rings. The Morgan fingerprint density at radius 1 is 0.737 bits per heavy atom. The Labute approximate surface area is 115 Å². The molecule has 0 radical (unpaired) electrons. The number of hydrogen-bond donors (Lipinski definition) is 0. The molecule has 0 spiro atoms. The molecule has 1 saturated heterocycles. The molecule has 0 N–H and O–H groups in total. The Morgan fingerprint density at radius 2 is 1.21 bits per heavy atom. The van der Waals surface area contributed by atoms with E-state index >= 15 is 0 Å². The second-order valence-corrected chi connectivity index (χ2v) is 6.77. The summed E-state index contributed by atoms with van der Waals surface area (Å²) in [7, 11) is -0.416. The third-order valence-corrected chi connectivity index (χ3v) is 5.81. The highest BCUT2D eigenvalue weighted by molar-refractivity contribution is 7.70. The molecule has 0 aliphatic carbocycles. The number of nitrogens with zero attached hydrogens (tertiary/aromatic N) is 1. The van der Waals surface area contributed by atoms with E-state index in [1.165, 1.54) is 10.6 Å². The van der Waals surface area contributed by atoms with Crippen LogP contribution in [0.4, 0.5) is 0 Å². The predicted molar refractivity (Wildman–Crippen MR) is 81.5 cm³/mol. The molecule has 1 aliphatic heterocycles. The van der Waals surface area contributed by atoms with Gasteiger partial charge in [0.1, 0.15) is 0 Å². The van der Waals surface area contributed by atoms with Crippen LogP contribution in [0, 0.1) is 0 Å². The summed E-state index contributed by atoms with van der Waals surface area (Å²) in [6, 6.07) is 21.7. The molecule has 2 aromatic carbocycles. The summed E-state index contributed by atoms with van der Waals surface area (Å²) in [5, 5.41) is 2.84. The lowest BCUT2D eigenvalue weighted by molar-refractivity contribution is 0.0756. The van der Waals surface area contributed by atoms with Crippen molar-refractivity contribution in [2.24, 2.45) is 0 Å². The number of morpholine rings is 1. The summed E-state index contributed by atoms with van der Waals surface area (Å²) in [4.78, 5) is 0. The lowest BCUT2D eigenvalue weighted by Crippen LogP contribution is -2.37. The topological polar surface area (TPSA) is 12.5 Å². The van der Waals surface area contributed by atoms with Gasteiger partial charge in [0.05, 0.1) is 13.2 Å². The van der Waals surface area contributed by atoms with Gasteiger partial charge in [-0.3, -0.25) is 4.67 Å². The van der Waals surface area contributed by atoms with Crippen molar-refractivity contribution in [3.63, 3.8) is 0 Å². The molecule has 0 saturated carbocycles. The Balaban J connectivity index is 1.96. The summed E-state index contributed by atoms with van der Waals surface area (Å²) in [5.74, 6) is 0. The van der Waals surface area contributed by atoms with Crippen molar-refractivity contribution in [3.05, 3.63) is 60.7 Å². The SMILES string of the molecule is c1ccc(P(c2ccccc2)N2CCOCC2)cc1. The van der Waals surface area contributed by atoms with Crippen LogP contribution in [0.1, 0.15) is 0 Å². The average Bonchev–Trinajstić information content (AvgIpc) is 2.51. The van der Waals surface area contributed by atoms with E-state index in [2.05, 4.69) is 65.3 Å². The first-order valence-electron chi connectivity index (χ1n) is 6.68. The van der Waals surface area contributed by atoms with E-state index in [0.717, 1.165) is 26.3 Å². The van der Waals surface area contributed by atoms with Gasteiger partial charge >= 0.3 is 0 Å². The van der Waals surface area contributed by atoms with Crippen molar-refractivity contribution in [1.82, 2.24) is 4.67 Å². The molecule has 0 atom stereocenters. The molecular formula is C16H18NOP. The summed E-state index contributed by atoms with van der Waals surface area (Å²) in [5.41, 5.74) is 0. The number of ether oxygens (including phenoxy) is 1. The van der Waals surface area contributed by atoms with Gasteiger partial charge in [-0.1, -0.05) is 60.7 Å². The van der Waals surface area contributed by atoms with E-state index in [0.29, 0.717) is 0 Å². The summed E-state index contributed by atoms with van der Waals surface area (Å²) < 4.78 is 8.06. The van der Waals surface area contributed by atoms with E-state index in [1.54, 1.807) is 0 Å². The van der Waals surface area contributed by atoms with Gasteiger partial charge in [0.2, 0.25) is 0 Å². The molecule has 19 heavy (non-hydrogen) atoms. The minimum absolute atomic E-state index is 0.416. The molecule has 98 valence electrons. The van der Waals surface area contributed by atoms with Crippen molar-refractivity contribution in [2.45, 2.75) is 0 Å². The highest BCUT2D eigenvalue weighted by Crippen LogP contribution is 2.38. The van der Waals surface area contributed by atoms with Crippen molar-refractivity contribution in [3.8, 4) is 0 Å². The van der Waals surface area contributed by atoms with Crippen LogP contribution in [0.25, 0.3) is 0 Å². The second-order valence-electron chi connectivity index (χ2n) is 4.55. The number of rotatable bonds is 3. The van der Waals surface area contributed by atoms with Crippen molar-refractivity contribution >= 4 is 18.7 Å². The van der Waals surface area contributed by atoms with E-state index in [4.69, 9.17) is 4.74 Å². The smallest absolute Gasteiger partial charge is 0.0597 e. The van der Waals surface area contributed by atoms with Crippen molar-refractivity contribution < 1.29 is 4.74 Å². The van der Waals surface area contributed by atoms with Gasteiger partial charge < -0.3 is 4.74 Å². The molecule has 0 bridgehead atoms. The van der Waals surface area contributed by atoms with E-state index in [9.17, 15) is 0 Å². The van der Waals surface area contributed by atoms with Crippen LogP contribution in [0.3, 0.4) is 0 Å². The Kier molecular flexibility index (Phi) is 4.24. The van der Waals surface area contributed by atoms with Gasteiger partial charge in [0.25, 0.3) is 0 Å². The monoisotopic (exact) mass is 271 g/mol. The van der Waals surface area contributed by atoms with E-state index in [1.807, 2.05) is 0 Å². The number of hydrogen-bond acceptors (Lipinski definition) is 2. The van der Waals surface area contributed by atoms with Gasteiger partial charge in [0, 0.05) is 21.2 Å². The molecule has 1 aliphatic rings. The standard InChI is InChI=1S/C16H18NOP/c1-3-7-15(8-4-1)19(16-9-5-2-6-10-16)17-11-13-18-14-12-17/h1-10H,11-14H2. The van der Waals surface area contributed by atoms with Crippen LogP contribution >= 0.6 is 8.07 Å². The molecule has 2 aromatic rings. The largest absolute Gasteiger partial charge is 0.379 e. The fourth-order valence-corrected chi connectivity index (χ4v) is 4.79. The minimum atomic E-state index is -0.416. The fraction of sp³-hybridized carbons (Fsp3) is 0.250. The van der Waals surface area contributed by atoms with Crippen molar-refractivity contribution in [2.75, 3.05) is 26.3 Å². The second kappa shape index (κ2) is 6.29. The summed E-state index contributed by atoms with van der Waals surface area (Å²) >= 11 is 0. The van der Waals surface area contributed by atoms with E-state index < -0.39 is 8.07 Å². The zero-order chi connectivity index (χ0) is 12.9. The molecule has 3 heteroatoms. The predicted octanol–water partition coefficient (Wildman–Crippen LogP) is 2.37. The fourth-order valence-electron chi connectivity index (χ4n) is 2.37. The lowest BCUT2D eigenvalue weighted by Gasteiger charge is -2.34. The molecule has 2 nitrogen and oxygen atoms in total. The maximum absolute atomic E-state index is 5.49. The maximum Gasteiger partial charge on any atom is 0.0597 e. The molecule has 1 heterocycles. The molecule has 3 rings (SSSR count). The highest BCUT2D eigenvalue weighted by Gasteiger charge is 2.23. The van der Waals surface area contributed by atoms with Crippen LogP contribution in [0.2, 0.25) is 0 Å². The van der Waals surface area contributed by atoms with Crippen molar-refractivity contribution in [1.29, 1.82) is 0 Å². The zero-order valence-corrected chi connectivity index (χ0v) is 11.8. The summed E-state index contributed by atoms with van der Waals surface area (Å²) in [6.07, 6.45) is 0. The Bertz CT molecular complexity index is 457.